The van der Waals surface area contributed by atoms with E-state index in [1.807, 2.05) is 0 Å². The van der Waals surface area contributed by atoms with Crippen LogP contribution in [0.4, 0.5) is 5.69 Å². The van der Waals surface area contributed by atoms with Gasteiger partial charge in [0.05, 0.1) is 23.4 Å². The van der Waals surface area contributed by atoms with E-state index in [-0.39, 0.29) is 27.1 Å². The lowest BCUT2D eigenvalue weighted by atomic mass is 9.89. The van der Waals surface area contributed by atoms with Crippen LogP contribution in [0.3, 0.4) is 0 Å². The Morgan fingerprint density at radius 3 is 2.67 bits per heavy atom. The first-order chi connectivity index (χ1) is 9.93. The number of nitrogens with one attached hydrogen (secondary N) is 1. The van der Waals surface area contributed by atoms with Crippen molar-refractivity contribution in [3.63, 3.8) is 0 Å². The summed E-state index contributed by atoms with van der Waals surface area (Å²) in [6.45, 7) is 0. The lowest BCUT2D eigenvalue weighted by Crippen LogP contribution is -2.36. The molecule has 2 aromatic rings. The van der Waals surface area contributed by atoms with Crippen molar-refractivity contribution in [2.75, 3.05) is 5.32 Å². The van der Waals surface area contributed by atoms with Gasteiger partial charge in [0, 0.05) is 10.6 Å². The minimum absolute atomic E-state index is 0.0582. The molecule has 7 heteroatoms. The Bertz CT molecular complexity index is 742. The van der Waals surface area contributed by atoms with Crippen molar-refractivity contribution < 1.29 is 19.1 Å². The Morgan fingerprint density at radius 1 is 1.29 bits per heavy atom. The molecule has 1 aromatic carbocycles. The molecule has 1 aliphatic heterocycles. The van der Waals surface area contributed by atoms with E-state index in [9.17, 15) is 14.7 Å². The number of Topliss-reactive ketones (excluding diaryl/α,β-unsaturated/α-hetero) is 1. The van der Waals surface area contributed by atoms with Crippen LogP contribution in [0.25, 0.3) is 0 Å². The summed E-state index contributed by atoms with van der Waals surface area (Å²) in [5.74, 6) is -1.20. The van der Waals surface area contributed by atoms with Gasteiger partial charge in [0.1, 0.15) is 0 Å². The van der Waals surface area contributed by atoms with Crippen LogP contribution >= 0.6 is 23.2 Å². The Hall–Kier alpha value is -1.82. The zero-order valence-electron chi connectivity index (χ0n) is 10.5. The van der Waals surface area contributed by atoms with Crippen molar-refractivity contribution in [2.24, 2.45) is 0 Å². The third-order valence-corrected chi connectivity index (χ3v) is 3.97. The van der Waals surface area contributed by atoms with E-state index in [0.29, 0.717) is 0 Å². The molecule has 0 fully saturated rings. The van der Waals surface area contributed by atoms with Gasteiger partial charge in [0.15, 0.2) is 11.4 Å². The fourth-order valence-corrected chi connectivity index (χ4v) is 2.85. The van der Waals surface area contributed by atoms with Gasteiger partial charge < -0.3 is 14.8 Å². The predicted molar refractivity (Wildman–Crippen MR) is 76.6 cm³/mol. The normalized spacial score (nSPS) is 20.2. The zero-order chi connectivity index (χ0) is 15.2. The quantitative estimate of drug-likeness (QED) is 0.850. The number of hydrogen-bond acceptors (Lipinski definition) is 4. The zero-order valence-corrected chi connectivity index (χ0v) is 12.0. The molecule has 21 heavy (non-hydrogen) atoms. The van der Waals surface area contributed by atoms with E-state index < -0.39 is 23.7 Å². The molecule has 0 unspecified atom stereocenters. The molecule has 0 aliphatic carbocycles. The number of fused-ring (bicyclic) bond motifs is 1. The van der Waals surface area contributed by atoms with Crippen molar-refractivity contribution >= 4 is 40.6 Å². The lowest BCUT2D eigenvalue weighted by molar-refractivity contribution is -0.133. The molecule has 0 bridgehead atoms. The molecule has 1 amide bonds. The summed E-state index contributed by atoms with van der Waals surface area (Å²) in [6.07, 6.45) is 0.850. The molecule has 5 nitrogen and oxygen atoms in total. The van der Waals surface area contributed by atoms with Crippen molar-refractivity contribution in [2.45, 2.75) is 12.0 Å². The topological polar surface area (TPSA) is 79.5 Å². The van der Waals surface area contributed by atoms with Crippen LogP contribution in [0.2, 0.25) is 10.0 Å². The maximum atomic E-state index is 12.1. The van der Waals surface area contributed by atoms with Gasteiger partial charge in [-0.15, -0.1) is 0 Å². The summed E-state index contributed by atoms with van der Waals surface area (Å²) in [5.41, 5.74) is -1.73. The van der Waals surface area contributed by atoms with Gasteiger partial charge in [-0.1, -0.05) is 23.2 Å². The molecule has 0 radical (unpaired) electrons. The van der Waals surface area contributed by atoms with E-state index in [1.54, 1.807) is 6.07 Å². The molecule has 0 saturated heterocycles. The average Bonchev–Trinajstić information content (AvgIpc) is 3.03. The number of carbonyl (C=O) groups is 2. The monoisotopic (exact) mass is 325 g/mol. The summed E-state index contributed by atoms with van der Waals surface area (Å²) in [6, 6.07) is 5.97. The number of aliphatic hydroxyl groups is 1. The van der Waals surface area contributed by atoms with Gasteiger partial charge in [-0.25, -0.2) is 0 Å². The standard InChI is InChI=1S/C14H9Cl2NO4/c15-7-3-4-8(16)12-11(7)14(20,13(19)17-12)6-9(18)10-2-1-5-21-10/h1-5,20H,6H2,(H,17,19)/t14-/m1/s1. The van der Waals surface area contributed by atoms with Gasteiger partial charge in [0.25, 0.3) is 5.91 Å². The second-order valence-corrected chi connectivity index (χ2v) is 5.49. The van der Waals surface area contributed by atoms with E-state index in [1.165, 1.54) is 24.5 Å². The highest BCUT2D eigenvalue weighted by atomic mass is 35.5. The number of benzene rings is 1. The van der Waals surface area contributed by atoms with E-state index in [2.05, 4.69) is 5.32 Å². The van der Waals surface area contributed by atoms with Gasteiger partial charge in [0.2, 0.25) is 5.78 Å². The summed E-state index contributed by atoms with van der Waals surface area (Å²) in [4.78, 5) is 24.2. The van der Waals surface area contributed by atoms with Gasteiger partial charge in [-0.3, -0.25) is 9.59 Å². The summed E-state index contributed by atoms with van der Waals surface area (Å²) < 4.78 is 4.98. The van der Waals surface area contributed by atoms with Crippen LogP contribution < -0.4 is 5.32 Å². The molecule has 2 N–H and O–H groups in total. The van der Waals surface area contributed by atoms with Crippen molar-refractivity contribution in [1.82, 2.24) is 0 Å². The van der Waals surface area contributed by atoms with E-state index in [4.69, 9.17) is 27.6 Å². The van der Waals surface area contributed by atoms with Crippen LogP contribution in [0.5, 0.6) is 0 Å². The Morgan fingerprint density at radius 2 is 2.00 bits per heavy atom. The number of rotatable bonds is 3. The average molecular weight is 326 g/mol. The smallest absolute Gasteiger partial charge is 0.261 e. The highest BCUT2D eigenvalue weighted by molar-refractivity contribution is 6.38. The van der Waals surface area contributed by atoms with Crippen molar-refractivity contribution in [3.8, 4) is 0 Å². The Labute approximate surface area is 129 Å². The van der Waals surface area contributed by atoms with E-state index in [0.717, 1.165) is 0 Å². The minimum Gasteiger partial charge on any atom is -0.461 e. The Kier molecular flexibility index (Phi) is 3.28. The van der Waals surface area contributed by atoms with Crippen molar-refractivity contribution in [3.05, 3.63) is 51.9 Å². The number of amides is 1. The molecule has 1 atom stereocenters. The molecular formula is C14H9Cl2NO4. The van der Waals surface area contributed by atoms with Gasteiger partial charge >= 0.3 is 0 Å². The number of carbonyl (C=O) groups excluding carboxylic acids is 2. The number of ketones is 1. The SMILES string of the molecule is O=C(C[C@]1(O)C(=O)Nc2c(Cl)ccc(Cl)c21)c1ccco1. The molecule has 3 rings (SSSR count). The maximum Gasteiger partial charge on any atom is 0.261 e. The minimum atomic E-state index is -2.07. The second-order valence-electron chi connectivity index (χ2n) is 4.67. The second kappa shape index (κ2) is 4.87. The third kappa shape index (κ3) is 2.14. The van der Waals surface area contributed by atoms with Crippen LogP contribution in [0, 0.1) is 0 Å². The fraction of sp³-hybridized carbons (Fsp3) is 0.143. The lowest BCUT2D eigenvalue weighted by Gasteiger charge is -2.20. The van der Waals surface area contributed by atoms with Crippen LogP contribution in [0.1, 0.15) is 22.5 Å². The summed E-state index contributed by atoms with van der Waals surface area (Å²) in [7, 11) is 0. The predicted octanol–water partition coefficient (Wildman–Crippen LogP) is 3.00. The first-order valence-corrected chi connectivity index (χ1v) is 6.78. The molecule has 0 saturated carbocycles. The number of furan rings is 1. The molecule has 1 aliphatic rings. The van der Waals surface area contributed by atoms with E-state index >= 15 is 0 Å². The largest absolute Gasteiger partial charge is 0.461 e. The van der Waals surface area contributed by atoms with Gasteiger partial charge in [-0.2, -0.15) is 0 Å². The first-order valence-electron chi connectivity index (χ1n) is 6.02. The molecule has 108 valence electrons. The maximum absolute atomic E-state index is 12.1. The van der Waals surface area contributed by atoms with Crippen LogP contribution in [0.15, 0.2) is 34.9 Å². The van der Waals surface area contributed by atoms with Crippen LogP contribution in [-0.2, 0) is 10.4 Å². The summed E-state index contributed by atoms with van der Waals surface area (Å²) >= 11 is 12.0. The fourth-order valence-electron chi connectivity index (χ4n) is 2.33. The molecular weight excluding hydrogens is 317 g/mol. The van der Waals surface area contributed by atoms with Gasteiger partial charge in [-0.05, 0) is 24.3 Å². The van der Waals surface area contributed by atoms with Crippen LogP contribution in [-0.4, -0.2) is 16.8 Å². The number of halogens is 2. The van der Waals surface area contributed by atoms with Crippen molar-refractivity contribution in [1.29, 1.82) is 0 Å². The molecule has 1 aromatic heterocycles. The number of anilines is 1. The highest BCUT2D eigenvalue weighted by Gasteiger charge is 2.49. The first kappa shape index (κ1) is 14.1. The molecule has 2 heterocycles. The number of hydrogen-bond donors (Lipinski definition) is 2. The molecule has 0 spiro atoms. The third-order valence-electron chi connectivity index (χ3n) is 3.34. The summed E-state index contributed by atoms with van der Waals surface area (Å²) in [5, 5.41) is 13.5. The highest BCUT2D eigenvalue weighted by Crippen LogP contribution is 2.46. The Balaban J connectivity index is 2.05.